The minimum atomic E-state index is -2.94. The first-order valence-electron chi connectivity index (χ1n) is 7.11. The molecule has 1 saturated heterocycles. The van der Waals surface area contributed by atoms with E-state index in [2.05, 4.69) is 11.8 Å². The molecule has 2 rings (SSSR count). The van der Waals surface area contributed by atoms with Crippen LogP contribution in [0.3, 0.4) is 0 Å². The molecule has 1 saturated carbocycles. The fourth-order valence-electron chi connectivity index (χ4n) is 3.89. The van der Waals surface area contributed by atoms with Gasteiger partial charge in [0, 0.05) is 30.9 Å². The highest BCUT2D eigenvalue weighted by Crippen LogP contribution is 2.35. The number of hydrogen-bond donors (Lipinski definition) is 1. The van der Waals surface area contributed by atoms with Crippen molar-refractivity contribution in [2.45, 2.75) is 68.8 Å². The number of piperidine rings is 1. The van der Waals surface area contributed by atoms with Gasteiger partial charge in [0.05, 0.1) is 5.25 Å². The van der Waals surface area contributed by atoms with E-state index in [9.17, 15) is 8.42 Å². The summed E-state index contributed by atoms with van der Waals surface area (Å²) in [6, 6.07) is 1.05. The van der Waals surface area contributed by atoms with Crippen LogP contribution in [0.2, 0.25) is 0 Å². The van der Waals surface area contributed by atoms with Crippen molar-refractivity contribution in [3.05, 3.63) is 0 Å². The van der Waals surface area contributed by atoms with Crippen LogP contribution in [-0.4, -0.2) is 49.5 Å². The van der Waals surface area contributed by atoms with Gasteiger partial charge in [0.1, 0.15) is 0 Å². The normalized spacial score (nSPS) is 39.1. The molecular weight excluding hydrogens is 248 g/mol. The molecule has 4 nitrogen and oxygen atoms in total. The summed E-state index contributed by atoms with van der Waals surface area (Å²) >= 11 is 0. The molecule has 1 heterocycles. The van der Waals surface area contributed by atoms with Gasteiger partial charge in [0.2, 0.25) is 0 Å². The number of sulfone groups is 1. The fourth-order valence-corrected chi connectivity index (χ4v) is 5.33. The van der Waals surface area contributed by atoms with Crippen LogP contribution in [0.4, 0.5) is 0 Å². The average molecular weight is 274 g/mol. The molecule has 0 aromatic carbocycles. The maximum absolute atomic E-state index is 11.9. The molecule has 1 aliphatic carbocycles. The Labute approximate surface area is 111 Å². The first kappa shape index (κ1) is 14.3. The Bertz CT molecular complexity index is 382. The molecule has 0 spiro atoms. The van der Waals surface area contributed by atoms with Crippen molar-refractivity contribution in [2.24, 2.45) is 5.73 Å². The van der Waals surface area contributed by atoms with Gasteiger partial charge in [0.25, 0.3) is 0 Å². The summed E-state index contributed by atoms with van der Waals surface area (Å²) in [7, 11) is -2.94. The van der Waals surface area contributed by atoms with Crippen molar-refractivity contribution < 1.29 is 8.42 Å². The lowest BCUT2D eigenvalue weighted by atomic mass is 9.93. The number of rotatable bonds is 3. The number of likely N-dealkylation sites (tertiary alicyclic amines) is 1. The van der Waals surface area contributed by atoms with E-state index in [0.29, 0.717) is 18.6 Å². The van der Waals surface area contributed by atoms with Crippen molar-refractivity contribution in [3.8, 4) is 0 Å². The number of nitrogens with zero attached hydrogens (tertiary/aromatic N) is 1. The van der Waals surface area contributed by atoms with Crippen LogP contribution >= 0.6 is 0 Å². The third kappa shape index (κ3) is 2.73. The Morgan fingerprint density at radius 2 is 1.83 bits per heavy atom. The van der Waals surface area contributed by atoms with E-state index in [1.807, 2.05) is 0 Å². The first-order valence-corrected chi connectivity index (χ1v) is 9.07. The summed E-state index contributed by atoms with van der Waals surface area (Å²) in [6.07, 6.45) is 7.76. The molecule has 2 aliphatic rings. The van der Waals surface area contributed by atoms with E-state index < -0.39 is 9.84 Å². The zero-order valence-corrected chi connectivity index (χ0v) is 12.3. The summed E-state index contributed by atoms with van der Waals surface area (Å²) < 4.78 is 23.9. The lowest BCUT2D eigenvalue weighted by Gasteiger charge is -2.45. The molecule has 0 aromatic heterocycles. The number of nitrogens with two attached hydrogens (primary N) is 1. The molecule has 1 aliphatic heterocycles. The standard InChI is InChI=1S/C13H26N2O2S/c1-10-5-3-6-11(9-14)15(10)12-7-4-8-13(12)18(2,16)17/h10-13H,3-9,14H2,1-2H3. The quantitative estimate of drug-likeness (QED) is 0.838. The van der Waals surface area contributed by atoms with E-state index in [-0.39, 0.29) is 11.3 Å². The van der Waals surface area contributed by atoms with Gasteiger partial charge in [-0.25, -0.2) is 8.42 Å². The van der Waals surface area contributed by atoms with Crippen molar-refractivity contribution in [1.29, 1.82) is 0 Å². The monoisotopic (exact) mass is 274 g/mol. The van der Waals surface area contributed by atoms with Gasteiger partial charge in [-0.3, -0.25) is 4.90 Å². The highest BCUT2D eigenvalue weighted by molar-refractivity contribution is 7.91. The fraction of sp³-hybridized carbons (Fsp3) is 1.00. The largest absolute Gasteiger partial charge is 0.329 e. The van der Waals surface area contributed by atoms with E-state index in [1.165, 1.54) is 19.1 Å². The summed E-state index contributed by atoms with van der Waals surface area (Å²) in [6.45, 7) is 2.87. The Balaban J connectivity index is 2.22. The van der Waals surface area contributed by atoms with Crippen molar-refractivity contribution in [2.75, 3.05) is 12.8 Å². The molecule has 0 amide bonds. The molecule has 2 fully saturated rings. The van der Waals surface area contributed by atoms with Crippen molar-refractivity contribution in [1.82, 2.24) is 4.90 Å². The smallest absolute Gasteiger partial charge is 0.151 e. The first-order chi connectivity index (χ1) is 8.45. The van der Waals surface area contributed by atoms with E-state index in [4.69, 9.17) is 5.73 Å². The Morgan fingerprint density at radius 3 is 2.44 bits per heavy atom. The summed E-state index contributed by atoms with van der Waals surface area (Å²) in [4.78, 5) is 2.43. The van der Waals surface area contributed by atoms with Crippen LogP contribution in [0.25, 0.3) is 0 Å². The minimum Gasteiger partial charge on any atom is -0.329 e. The summed E-state index contributed by atoms with van der Waals surface area (Å²) in [5.41, 5.74) is 5.89. The second kappa shape index (κ2) is 5.47. The molecule has 0 bridgehead atoms. The lowest BCUT2D eigenvalue weighted by molar-refractivity contribution is 0.0538. The van der Waals surface area contributed by atoms with Crippen LogP contribution in [0.1, 0.15) is 45.4 Å². The molecule has 0 aromatic rings. The molecule has 5 heteroatoms. The van der Waals surface area contributed by atoms with Crippen LogP contribution in [-0.2, 0) is 9.84 Å². The Kier molecular flexibility index (Phi) is 4.34. The van der Waals surface area contributed by atoms with Gasteiger partial charge in [0.15, 0.2) is 9.84 Å². The SMILES string of the molecule is CC1CCCC(CN)N1C1CCCC1S(C)(=O)=O. The molecule has 4 unspecified atom stereocenters. The summed E-state index contributed by atoms with van der Waals surface area (Å²) in [5.74, 6) is 0. The van der Waals surface area contributed by atoms with Crippen LogP contribution < -0.4 is 5.73 Å². The van der Waals surface area contributed by atoms with Gasteiger partial charge >= 0.3 is 0 Å². The maximum Gasteiger partial charge on any atom is 0.151 e. The third-order valence-corrected chi connectivity index (χ3v) is 6.36. The van der Waals surface area contributed by atoms with E-state index in [1.54, 1.807) is 0 Å². The molecule has 4 atom stereocenters. The zero-order chi connectivity index (χ0) is 13.3. The highest BCUT2D eigenvalue weighted by atomic mass is 32.2. The average Bonchev–Trinajstić information content (AvgIpc) is 2.76. The summed E-state index contributed by atoms with van der Waals surface area (Å²) in [5, 5.41) is -0.174. The van der Waals surface area contributed by atoms with E-state index in [0.717, 1.165) is 25.7 Å². The van der Waals surface area contributed by atoms with Crippen LogP contribution in [0, 0.1) is 0 Å². The molecule has 2 N–H and O–H groups in total. The highest BCUT2D eigenvalue weighted by Gasteiger charge is 2.43. The Morgan fingerprint density at radius 1 is 1.17 bits per heavy atom. The lowest BCUT2D eigenvalue weighted by Crippen LogP contribution is -2.56. The van der Waals surface area contributed by atoms with Crippen molar-refractivity contribution >= 4 is 9.84 Å². The van der Waals surface area contributed by atoms with Crippen LogP contribution in [0.5, 0.6) is 0 Å². The van der Waals surface area contributed by atoms with E-state index >= 15 is 0 Å². The molecule has 106 valence electrons. The maximum atomic E-state index is 11.9. The minimum absolute atomic E-state index is 0.174. The van der Waals surface area contributed by atoms with Crippen LogP contribution in [0.15, 0.2) is 0 Å². The number of hydrogen-bond acceptors (Lipinski definition) is 4. The van der Waals surface area contributed by atoms with Gasteiger partial charge in [-0.05, 0) is 32.6 Å². The predicted molar refractivity (Wildman–Crippen MR) is 74.3 cm³/mol. The molecule has 18 heavy (non-hydrogen) atoms. The molecular formula is C13H26N2O2S. The van der Waals surface area contributed by atoms with Gasteiger partial charge in [-0.15, -0.1) is 0 Å². The van der Waals surface area contributed by atoms with Gasteiger partial charge < -0.3 is 5.73 Å². The second-order valence-electron chi connectivity index (χ2n) is 5.98. The van der Waals surface area contributed by atoms with Crippen molar-refractivity contribution in [3.63, 3.8) is 0 Å². The van der Waals surface area contributed by atoms with Gasteiger partial charge in [-0.2, -0.15) is 0 Å². The predicted octanol–water partition coefficient (Wildman–Crippen LogP) is 1.15. The second-order valence-corrected chi connectivity index (χ2v) is 8.25. The third-order valence-electron chi connectivity index (χ3n) is 4.71. The Hall–Kier alpha value is -0.130. The zero-order valence-electron chi connectivity index (χ0n) is 11.5. The molecule has 0 radical (unpaired) electrons. The van der Waals surface area contributed by atoms with Gasteiger partial charge in [-0.1, -0.05) is 12.8 Å². The topological polar surface area (TPSA) is 63.4 Å².